The minimum atomic E-state index is -1.03. The molecule has 98 valence electrons. The lowest BCUT2D eigenvalue weighted by atomic mass is 10.1. The molecule has 0 fully saturated rings. The highest BCUT2D eigenvalue weighted by molar-refractivity contribution is 5.94. The second kappa shape index (κ2) is 5.61. The molecule has 2 nitrogen and oxygen atoms in total. The maximum atomic E-state index is 13.0. The van der Waals surface area contributed by atoms with Crippen LogP contribution < -0.4 is 5.32 Å². The quantitative estimate of drug-likeness (QED) is 0.900. The van der Waals surface area contributed by atoms with Crippen LogP contribution in [0.25, 0.3) is 0 Å². The van der Waals surface area contributed by atoms with Gasteiger partial charge in [0, 0.05) is 5.56 Å². The smallest absolute Gasteiger partial charge is 0.251 e. The van der Waals surface area contributed by atoms with Crippen LogP contribution in [-0.2, 0) is 0 Å². The van der Waals surface area contributed by atoms with Crippen LogP contribution in [0.4, 0.5) is 8.78 Å². The summed E-state index contributed by atoms with van der Waals surface area (Å²) in [6, 6.07) is 12.3. The highest BCUT2D eigenvalue weighted by Crippen LogP contribution is 2.13. The summed E-state index contributed by atoms with van der Waals surface area (Å²) in [6.07, 6.45) is 0. The normalized spacial score (nSPS) is 11.9. The topological polar surface area (TPSA) is 29.1 Å². The van der Waals surface area contributed by atoms with Gasteiger partial charge in [0.1, 0.15) is 0 Å². The molecule has 4 heteroatoms. The molecule has 0 aliphatic heterocycles. The van der Waals surface area contributed by atoms with Crippen LogP contribution in [0.3, 0.4) is 0 Å². The molecule has 2 aromatic carbocycles. The zero-order valence-electron chi connectivity index (χ0n) is 10.4. The first kappa shape index (κ1) is 13.2. The summed E-state index contributed by atoms with van der Waals surface area (Å²) in [5, 5.41) is 2.73. The molecule has 19 heavy (non-hydrogen) atoms. The molecule has 0 bridgehead atoms. The van der Waals surface area contributed by atoms with Crippen LogP contribution in [-0.4, -0.2) is 5.91 Å². The van der Waals surface area contributed by atoms with Gasteiger partial charge in [-0.2, -0.15) is 0 Å². The highest BCUT2D eigenvalue weighted by Gasteiger charge is 2.13. The molecule has 0 aromatic heterocycles. The number of carbonyl (C=O) groups excluding carboxylic acids is 1. The predicted octanol–water partition coefficient (Wildman–Crippen LogP) is 3.46. The summed E-state index contributed by atoms with van der Waals surface area (Å²) >= 11 is 0. The molecule has 0 heterocycles. The fourth-order valence-electron chi connectivity index (χ4n) is 1.74. The number of hydrogen-bond donors (Lipinski definition) is 1. The lowest BCUT2D eigenvalue weighted by molar-refractivity contribution is 0.0939. The number of amides is 1. The summed E-state index contributed by atoms with van der Waals surface area (Å²) in [4.78, 5) is 11.9. The Morgan fingerprint density at radius 2 is 1.74 bits per heavy atom. The minimum Gasteiger partial charge on any atom is -0.346 e. The van der Waals surface area contributed by atoms with Crippen molar-refractivity contribution in [3.63, 3.8) is 0 Å². The standard InChI is InChI=1S/C15H13F2NO/c1-10(11-5-3-2-4-6-11)18-15(19)12-7-8-13(16)14(17)9-12/h2-10H,1H3,(H,18,19)/t10-/m0/s1. The van der Waals surface area contributed by atoms with E-state index in [0.29, 0.717) is 0 Å². The van der Waals surface area contributed by atoms with Crippen molar-refractivity contribution in [3.8, 4) is 0 Å². The van der Waals surface area contributed by atoms with Crippen molar-refractivity contribution >= 4 is 5.91 Å². The molecule has 0 unspecified atom stereocenters. The Kier molecular flexibility index (Phi) is 3.90. The van der Waals surface area contributed by atoms with Crippen molar-refractivity contribution in [1.29, 1.82) is 0 Å². The van der Waals surface area contributed by atoms with E-state index in [1.165, 1.54) is 6.07 Å². The number of nitrogens with one attached hydrogen (secondary N) is 1. The van der Waals surface area contributed by atoms with E-state index in [2.05, 4.69) is 5.32 Å². The Morgan fingerprint density at radius 3 is 2.37 bits per heavy atom. The molecule has 0 aliphatic carbocycles. The SMILES string of the molecule is C[C@H](NC(=O)c1ccc(F)c(F)c1)c1ccccc1. The van der Waals surface area contributed by atoms with E-state index in [0.717, 1.165) is 17.7 Å². The van der Waals surface area contributed by atoms with E-state index in [1.807, 2.05) is 37.3 Å². The third-order valence-corrected chi connectivity index (χ3v) is 2.83. The Morgan fingerprint density at radius 1 is 1.05 bits per heavy atom. The van der Waals surface area contributed by atoms with Crippen LogP contribution >= 0.6 is 0 Å². The number of halogens is 2. The second-order valence-electron chi connectivity index (χ2n) is 4.23. The molecule has 0 saturated carbocycles. The Balaban J connectivity index is 2.11. The average molecular weight is 261 g/mol. The van der Waals surface area contributed by atoms with Gasteiger partial charge in [0.25, 0.3) is 5.91 Å². The molecule has 1 N–H and O–H groups in total. The van der Waals surface area contributed by atoms with Gasteiger partial charge in [-0.05, 0) is 30.7 Å². The average Bonchev–Trinajstić information content (AvgIpc) is 2.42. The van der Waals surface area contributed by atoms with Crippen molar-refractivity contribution in [2.75, 3.05) is 0 Å². The minimum absolute atomic E-state index is 0.0988. The molecule has 0 aliphatic rings. The molecule has 2 rings (SSSR count). The van der Waals surface area contributed by atoms with Crippen molar-refractivity contribution < 1.29 is 13.6 Å². The Labute approximate surface area is 110 Å². The summed E-state index contributed by atoms with van der Waals surface area (Å²) in [6.45, 7) is 1.83. The highest BCUT2D eigenvalue weighted by atomic mass is 19.2. The van der Waals surface area contributed by atoms with Crippen molar-refractivity contribution in [2.24, 2.45) is 0 Å². The van der Waals surface area contributed by atoms with Crippen LogP contribution in [0, 0.1) is 11.6 Å². The van der Waals surface area contributed by atoms with Crippen LogP contribution in [0.2, 0.25) is 0 Å². The number of carbonyl (C=O) groups is 1. The molecular formula is C15H13F2NO. The maximum absolute atomic E-state index is 13.0. The van der Waals surface area contributed by atoms with Gasteiger partial charge in [0.15, 0.2) is 11.6 Å². The zero-order chi connectivity index (χ0) is 13.8. The fraction of sp³-hybridized carbons (Fsp3) is 0.133. The molecule has 1 atom stereocenters. The number of rotatable bonds is 3. The third-order valence-electron chi connectivity index (χ3n) is 2.83. The Hall–Kier alpha value is -2.23. The van der Waals surface area contributed by atoms with Crippen LogP contribution in [0.15, 0.2) is 48.5 Å². The molecule has 0 radical (unpaired) electrons. The second-order valence-corrected chi connectivity index (χ2v) is 4.23. The monoisotopic (exact) mass is 261 g/mol. The van der Waals surface area contributed by atoms with E-state index in [1.54, 1.807) is 0 Å². The molecule has 0 saturated heterocycles. The van der Waals surface area contributed by atoms with Gasteiger partial charge in [-0.15, -0.1) is 0 Å². The lowest BCUT2D eigenvalue weighted by Crippen LogP contribution is -2.26. The van der Waals surface area contributed by atoms with E-state index in [4.69, 9.17) is 0 Å². The van der Waals surface area contributed by atoms with E-state index in [-0.39, 0.29) is 11.6 Å². The molecular weight excluding hydrogens is 248 g/mol. The molecule has 0 spiro atoms. The maximum Gasteiger partial charge on any atom is 0.251 e. The van der Waals surface area contributed by atoms with Crippen molar-refractivity contribution in [3.05, 3.63) is 71.3 Å². The summed E-state index contributed by atoms with van der Waals surface area (Å²) in [5.41, 5.74) is 1.04. The van der Waals surface area contributed by atoms with Gasteiger partial charge in [0.2, 0.25) is 0 Å². The summed E-state index contributed by atoms with van der Waals surface area (Å²) < 4.78 is 25.8. The van der Waals surface area contributed by atoms with Crippen LogP contribution in [0.1, 0.15) is 28.9 Å². The van der Waals surface area contributed by atoms with Gasteiger partial charge in [0.05, 0.1) is 6.04 Å². The van der Waals surface area contributed by atoms with E-state index < -0.39 is 17.5 Å². The van der Waals surface area contributed by atoms with Gasteiger partial charge in [-0.3, -0.25) is 4.79 Å². The lowest BCUT2D eigenvalue weighted by Gasteiger charge is -2.14. The molecule has 2 aromatic rings. The first-order valence-corrected chi connectivity index (χ1v) is 5.89. The van der Waals surface area contributed by atoms with Crippen molar-refractivity contribution in [2.45, 2.75) is 13.0 Å². The fourth-order valence-corrected chi connectivity index (χ4v) is 1.74. The van der Waals surface area contributed by atoms with Gasteiger partial charge < -0.3 is 5.32 Å². The summed E-state index contributed by atoms with van der Waals surface area (Å²) in [5.74, 6) is -2.43. The predicted molar refractivity (Wildman–Crippen MR) is 68.7 cm³/mol. The van der Waals surface area contributed by atoms with Gasteiger partial charge in [-0.25, -0.2) is 8.78 Å². The van der Waals surface area contributed by atoms with Crippen LogP contribution in [0.5, 0.6) is 0 Å². The number of benzene rings is 2. The van der Waals surface area contributed by atoms with E-state index in [9.17, 15) is 13.6 Å². The summed E-state index contributed by atoms with van der Waals surface area (Å²) in [7, 11) is 0. The van der Waals surface area contributed by atoms with Crippen molar-refractivity contribution in [1.82, 2.24) is 5.32 Å². The number of hydrogen-bond acceptors (Lipinski definition) is 1. The first-order chi connectivity index (χ1) is 9.08. The largest absolute Gasteiger partial charge is 0.346 e. The van der Waals surface area contributed by atoms with Gasteiger partial charge in [-0.1, -0.05) is 30.3 Å². The third kappa shape index (κ3) is 3.16. The Bertz CT molecular complexity index is 584. The molecule has 1 amide bonds. The van der Waals surface area contributed by atoms with Gasteiger partial charge >= 0.3 is 0 Å². The van der Waals surface area contributed by atoms with E-state index >= 15 is 0 Å². The first-order valence-electron chi connectivity index (χ1n) is 5.89. The zero-order valence-corrected chi connectivity index (χ0v) is 10.4.